The number of nitrogens with one attached hydrogen (secondary N) is 1. The van der Waals surface area contributed by atoms with Gasteiger partial charge in [-0.2, -0.15) is 9.78 Å². The van der Waals surface area contributed by atoms with Gasteiger partial charge >= 0.3 is 5.69 Å². The molecule has 1 aliphatic rings. The van der Waals surface area contributed by atoms with E-state index in [-0.39, 0.29) is 12.3 Å². The number of likely N-dealkylation sites (N-methyl/N-ethyl adjacent to an activating group) is 1. The molecule has 1 aliphatic heterocycles. The van der Waals surface area contributed by atoms with E-state index < -0.39 is 29.1 Å². The van der Waals surface area contributed by atoms with Gasteiger partial charge in [-0.05, 0) is 77.8 Å². The molecule has 2 aromatic carbocycles. The van der Waals surface area contributed by atoms with Gasteiger partial charge in [-0.15, -0.1) is 0 Å². The van der Waals surface area contributed by atoms with E-state index in [9.17, 15) is 24.6 Å². The number of β-amino-alcohol motifs (C(OH)–C–C–N with tert-alkyl or cyclic N) is 1. The van der Waals surface area contributed by atoms with Crippen molar-refractivity contribution in [1.82, 2.24) is 24.6 Å². The van der Waals surface area contributed by atoms with Crippen molar-refractivity contribution in [2.45, 2.75) is 27.0 Å². The van der Waals surface area contributed by atoms with E-state index in [4.69, 9.17) is 4.74 Å². The number of aromatic nitrogens is 3. The molecule has 1 atom stereocenters. The first-order valence-corrected chi connectivity index (χ1v) is 12.1. The summed E-state index contributed by atoms with van der Waals surface area (Å²) in [5.74, 6) is 0.469. The molecule has 3 N–H and O–H groups in total. The van der Waals surface area contributed by atoms with Gasteiger partial charge < -0.3 is 19.8 Å². The van der Waals surface area contributed by atoms with Crippen LogP contribution in [0.3, 0.4) is 0 Å². The molecule has 190 valence electrons. The Labute approximate surface area is 214 Å². The number of piperazine rings is 1. The summed E-state index contributed by atoms with van der Waals surface area (Å²) in [5, 5.41) is 24.0. The molecule has 1 fully saturated rings. The van der Waals surface area contributed by atoms with Gasteiger partial charge in [0.25, 0.3) is 11.5 Å². The number of rotatable bonds is 5. The number of phenolic OH excluding ortho intramolecular Hbond substituents is 1. The molecule has 4 rings (SSSR count). The number of carbonyl (C=O) groups excluding carboxylic acids is 1. The van der Waals surface area contributed by atoms with Gasteiger partial charge in [-0.3, -0.25) is 19.5 Å². The molecule has 36 heavy (non-hydrogen) atoms. The number of benzene rings is 2. The fourth-order valence-electron chi connectivity index (χ4n) is 4.10. The van der Waals surface area contributed by atoms with Crippen LogP contribution in [0.1, 0.15) is 28.5 Å². The second kappa shape index (κ2) is 10.2. The summed E-state index contributed by atoms with van der Waals surface area (Å²) in [6.45, 7) is 6.93. The Bertz CT molecular complexity index is 1410. The lowest BCUT2D eigenvalue weighted by molar-refractivity contribution is -0.0455. The van der Waals surface area contributed by atoms with Gasteiger partial charge in [-0.25, -0.2) is 4.79 Å². The zero-order valence-electron chi connectivity index (χ0n) is 20.0. The Kier molecular flexibility index (Phi) is 7.29. The summed E-state index contributed by atoms with van der Waals surface area (Å²) >= 11 is 3.26. The average molecular weight is 560 g/mol. The van der Waals surface area contributed by atoms with E-state index >= 15 is 0 Å². The van der Waals surface area contributed by atoms with Crippen molar-refractivity contribution in [2.75, 3.05) is 26.2 Å². The molecule has 3 aromatic rings. The maximum Gasteiger partial charge on any atom is 0.349 e. The standard InChI is InChI=1S/C24H26BrN5O6/c1-4-28-7-8-29(12-19(28)32)23(34)20-22(33)26-24(35)30(27-20)15-9-13(2)21(14(3)10-15)36-16-5-6-18(31)17(25)11-16/h5-6,9-11,19,31-32H,4,7-8,12H2,1-3H3,(H,26,33,35). The Morgan fingerprint density at radius 1 is 1.19 bits per heavy atom. The van der Waals surface area contributed by atoms with Gasteiger partial charge in [0, 0.05) is 13.1 Å². The van der Waals surface area contributed by atoms with E-state index in [1.54, 1.807) is 38.1 Å². The molecule has 0 spiro atoms. The molecule has 1 saturated heterocycles. The summed E-state index contributed by atoms with van der Waals surface area (Å²) < 4.78 is 7.44. The number of hydrogen-bond donors (Lipinski definition) is 3. The van der Waals surface area contributed by atoms with Crippen LogP contribution in [-0.2, 0) is 0 Å². The fraction of sp³-hybridized carbons (Fsp3) is 0.333. The number of nitrogens with zero attached hydrogens (tertiary/aromatic N) is 4. The number of phenols is 1. The number of hydrogen-bond acceptors (Lipinski definition) is 8. The van der Waals surface area contributed by atoms with E-state index in [2.05, 4.69) is 26.0 Å². The molecule has 1 unspecified atom stereocenters. The largest absolute Gasteiger partial charge is 0.507 e. The number of carbonyl (C=O) groups is 1. The third-order valence-electron chi connectivity index (χ3n) is 6.01. The smallest absolute Gasteiger partial charge is 0.349 e. The number of H-pyrrole nitrogens is 1. The van der Waals surface area contributed by atoms with Crippen LogP contribution in [0.4, 0.5) is 0 Å². The lowest BCUT2D eigenvalue weighted by atomic mass is 10.1. The maximum absolute atomic E-state index is 13.1. The normalized spacial score (nSPS) is 16.2. The summed E-state index contributed by atoms with van der Waals surface area (Å²) in [6.07, 6.45) is -0.843. The van der Waals surface area contributed by atoms with Gasteiger partial charge in [0.15, 0.2) is 0 Å². The molecule has 11 nitrogen and oxygen atoms in total. The molecular formula is C24H26BrN5O6. The minimum atomic E-state index is -0.889. The highest BCUT2D eigenvalue weighted by atomic mass is 79.9. The van der Waals surface area contributed by atoms with Crippen molar-refractivity contribution in [1.29, 1.82) is 0 Å². The SMILES string of the molecule is CCN1CCN(C(=O)c2nn(-c3cc(C)c(Oc4ccc(O)c(Br)c4)c(C)c3)c(=O)[nH]c2=O)CC1O. The molecule has 2 heterocycles. The van der Waals surface area contributed by atoms with Crippen LogP contribution >= 0.6 is 15.9 Å². The highest BCUT2D eigenvalue weighted by Gasteiger charge is 2.30. The monoisotopic (exact) mass is 559 g/mol. The first-order chi connectivity index (χ1) is 17.1. The maximum atomic E-state index is 13.1. The minimum Gasteiger partial charge on any atom is -0.507 e. The predicted octanol–water partition coefficient (Wildman–Crippen LogP) is 1.89. The molecular weight excluding hydrogens is 534 g/mol. The number of amides is 1. The van der Waals surface area contributed by atoms with E-state index in [0.717, 1.165) is 4.68 Å². The van der Waals surface area contributed by atoms with Crippen LogP contribution in [0.15, 0.2) is 44.4 Å². The molecule has 0 aliphatic carbocycles. The van der Waals surface area contributed by atoms with Crippen molar-refractivity contribution in [3.63, 3.8) is 0 Å². The lowest BCUT2D eigenvalue weighted by Gasteiger charge is -2.37. The fourth-order valence-corrected chi connectivity index (χ4v) is 4.46. The summed E-state index contributed by atoms with van der Waals surface area (Å²) in [6, 6.07) is 8.06. The highest BCUT2D eigenvalue weighted by molar-refractivity contribution is 9.10. The van der Waals surface area contributed by atoms with Crippen LogP contribution in [0.5, 0.6) is 17.2 Å². The number of aromatic amines is 1. The quantitative estimate of drug-likeness (QED) is 0.430. The molecule has 0 bridgehead atoms. The summed E-state index contributed by atoms with van der Waals surface area (Å²) in [7, 11) is 0. The van der Waals surface area contributed by atoms with Crippen molar-refractivity contribution < 1.29 is 19.7 Å². The van der Waals surface area contributed by atoms with Crippen molar-refractivity contribution in [3.8, 4) is 22.9 Å². The number of aliphatic hydroxyl groups is 1. The zero-order valence-corrected chi connectivity index (χ0v) is 21.6. The van der Waals surface area contributed by atoms with E-state index in [1.165, 1.54) is 11.0 Å². The topological polar surface area (TPSA) is 141 Å². The molecule has 0 saturated carbocycles. The first-order valence-electron chi connectivity index (χ1n) is 11.3. The highest BCUT2D eigenvalue weighted by Crippen LogP contribution is 2.34. The Morgan fingerprint density at radius 3 is 2.50 bits per heavy atom. The third kappa shape index (κ3) is 5.06. The van der Waals surface area contributed by atoms with Gasteiger partial charge in [0.2, 0.25) is 5.69 Å². The zero-order chi connectivity index (χ0) is 26.1. The van der Waals surface area contributed by atoms with E-state index in [0.29, 0.717) is 52.4 Å². The minimum absolute atomic E-state index is 0.0323. The average Bonchev–Trinajstić information content (AvgIpc) is 2.83. The summed E-state index contributed by atoms with van der Waals surface area (Å²) in [4.78, 5) is 43.5. The third-order valence-corrected chi connectivity index (χ3v) is 6.65. The molecule has 12 heteroatoms. The van der Waals surface area contributed by atoms with Crippen LogP contribution in [0, 0.1) is 13.8 Å². The second-order valence-electron chi connectivity index (χ2n) is 8.50. The van der Waals surface area contributed by atoms with Gasteiger partial charge in [0.05, 0.1) is 16.7 Å². The molecule has 1 aromatic heterocycles. The molecule has 1 amide bonds. The van der Waals surface area contributed by atoms with Crippen LogP contribution in [-0.4, -0.2) is 73.1 Å². The number of ether oxygens (including phenoxy) is 1. The Hall–Kier alpha value is -3.48. The summed E-state index contributed by atoms with van der Waals surface area (Å²) in [5.41, 5.74) is -0.407. The number of aromatic hydroxyl groups is 1. The first kappa shape index (κ1) is 25.6. The van der Waals surface area contributed by atoms with E-state index in [1.807, 2.05) is 11.8 Å². The van der Waals surface area contributed by atoms with Crippen LogP contribution < -0.4 is 16.0 Å². The Balaban J connectivity index is 1.66. The Morgan fingerprint density at radius 2 is 1.89 bits per heavy atom. The van der Waals surface area contributed by atoms with Crippen molar-refractivity contribution in [3.05, 3.63) is 72.5 Å². The predicted molar refractivity (Wildman–Crippen MR) is 135 cm³/mol. The number of halogens is 1. The molecule has 0 radical (unpaired) electrons. The second-order valence-corrected chi connectivity index (χ2v) is 9.36. The number of aliphatic hydroxyl groups excluding tert-OH is 1. The van der Waals surface area contributed by atoms with Crippen LogP contribution in [0.2, 0.25) is 0 Å². The van der Waals surface area contributed by atoms with Crippen LogP contribution in [0.25, 0.3) is 5.69 Å². The van der Waals surface area contributed by atoms with Gasteiger partial charge in [-0.1, -0.05) is 6.92 Å². The van der Waals surface area contributed by atoms with Crippen molar-refractivity contribution in [2.24, 2.45) is 0 Å². The van der Waals surface area contributed by atoms with Crippen molar-refractivity contribution >= 4 is 21.8 Å². The number of aryl methyl sites for hydroxylation is 2. The van der Waals surface area contributed by atoms with Gasteiger partial charge in [0.1, 0.15) is 23.5 Å². The lowest BCUT2D eigenvalue weighted by Crippen LogP contribution is -2.55.